The third-order valence-corrected chi connectivity index (χ3v) is 3.16. The molecule has 0 spiro atoms. The van der Waals surface area contributed by atoms with Crippen LogP contribution in [0.4, 0.5) is 0 Å². The summed E-state index contributed by atoms with van der Waals surface area (Å²) in [6, 6.07) is 13.8. The summed E-state index contributed by atoms with van der Waals surface area (Å²) in [7, 11) is 0. The summed E-state index contributed by atoms with van der Waals surface area (Å²) in [6.45, 7) is 3.26. The highest BCUT2D eigenvalue weighted by atomic mass is 35.5. The molecule has 0 aliphatic carbocycles. The third kappa shape index (κ3) is 3.28. The molecule has 0 aromatic heterocycles. The van der Waals surface area contributed by atoms with Crippen molar-refractivity contribution in [2.75, 3.05) is 6.61 Å². The van der Waals surface area contributed by atoms with E-state index in [4.69, 9.17) is 22.1 Å². The van der Waals surface area contributed by atoms with Gasteiger partial charge in [0.05, 0.1) is 6.61 Å². The molecule has 0 atom stereocenters. The number of nitrogens with two attached hydrogens (primary N) is 1. The fourth-order valence-electron chi connectivity index (χ4n) is 2.02. The average molecular weight is 276 g/mol. The van der Waals surface area contributed by atoms with Gasteiger partial charge in [-0.2, -0.15) is 0 Å². The van der Waals surface area contributed by atoms with Gasteiger partial charge in [-0.05, 0) is 35.7 Å². The van der Waals surface area contributed by atoms with Gasteiger partial charge in [0.15, 0.2) is 0 Å². The van der Waals surface area contributed by atoms with Gasteiger partial charge in [0, 0.05) is 17.1 Å². The van der Waals surface area contributed by atoms with Gasteiger partial charge in [0.1, 0.15) is 5.75 Å². The zero-order chi connectivity index (χ0) is 13.7. The largest absolute Gasteiger partial charge is 0.493 e. The molecule has 0 bridgehead atoms. The molecule has 0 saturated carbocycles. The van der Waals surface area contributed by atoms with Crippen LogP contribution in [-0.2, 0) is 6.54 Å². The molecule has 3 heteroatoms. The van der Waals surface area contributed by atoms with Gasteiger partial charge in [-0.3, -0.25) is 0 Å². The van der Waals surface area contributed by atoms with Crippen LogP contribution in [0.25, 0.3) is 11.1 Å². The first-order valence-electron chi connectivity index (χ1n) is 6.47. The van der Waals surface area contributed by atoms with Crippen molar-refractivity contribution < 1.29 is 4.74 Å². The Morgan fingerprint density at radius 3 is 2.63 bits per heavy atom. The van der Waals surface area contributed by atoms with Crippen molar-refractivity contribution in [3.05, 3.63) is 53.1 Å². The van der Waals surface area contributed by atoms with Crippen molar-refractivity contribution in [1.82, 2.24) is 0 Å². The molecular formula is C16H18ClNO. The third-order valence-electron chi connectivity index (χ3n) is 2.93. The number of halogens is 1. The maximum absolute atomic E-state index is 6.02. The molecule has 19 heavy (non-hydrogen) atoms. The average Bonchev–Trinajstić information content (AvgIpc) is 2.45. The zero-order valence-corrected chi connectivity index (χ0v) is 11.8. The van der Waals surface area contributed by atoms with E-state index in [-0.39, 0.29) is 0 Å². The Kier molecular flexibility index (Phi) is 4.83. The quantitative estimate of drug-likeness (QED) is 0.885. The van der Waals surface area contributed by atoms with E-state index in [0.717, 1.165) is 28.9 Å². The summed E-state index contributed by atoms with van der Waals surface area (Å²) in [5, 5.41) is 0.705. The summed E-state index contributed by atoms with van der Waals surface area (Å²) in [6.07, 6.45) is 0.985. The Labute approximate surface area is 119 Å². The molecule has 0 heterocycles. The predicted octanol–water partition coefficient (Wildman–Crippen LogP) is 4.25. The van der Waals surface area contributed by atoms with E-state index in [1.165, 1.54) is 0 Å². The molecule has 2 rings (SSSR count). The second kappa shape index (κ2) is 6.60. The standard InChI is InChI=1S/C16H18ClNO/c1-2-9-19-16-6-4-3-5-15(16)14-8-7-13(17)10-12(14)11-18/h3-8,10H,2,9,11,18H2,1H3. The molecule has 100 valence electrons. The molecule has 0 radical (unpaired) electrons. The Morgan fingerprint density at radius 2 is 1.89 bits per heavy atom. The molecule has 2 N–H and O–H groups in total. The van der Waals surface area contributed by atoms with Crippen LogP contribution in [-0.4, -0.2) is 6.61 Å². The van der Waals surface area contributed by atoms with Crippen LogP contribution in [0.2, 0.25) is 5.02 Å². The molecule has 0 fully saturated rings. The monoisotopic (exact) mass is 275 g/mol. The lowest BCUT2D eigenvalue weighted by Gasteiger charge is -2.14. The number of benzene rings is 2. The Hall–Kier alpha value is -1.51. The number of para-hydroxylation sites is 1. The molecule has 0 aliphatic rings. The van der Waals surface area contributed by atoms with Crippen LogP contribution in [0.3, 0.4) is 0 Å². The van der Waals surface area contributed by atoms with Crippen LogP contribution < -0.4 is 10.5 Å². The smallest absolute Gasteiger partial charge is 0.127 e. The number of ether oxygens (including phenoxy) is 1. The number of hydrogen-bond acceptors (Lipinski definition) is 2. The molecular weight excluding hydrogens is 258 g/mol. The van der Waals surface area contributed by atoms with E-state index in [0.29, 0.717) is 18.2 Å². The van der Waals surface area contributed by atoms with E-state index < -0.39 is 0 Å². The highest BCUT2D eigenvalue weighted by molar-refractivity contribution is 6.30. The van der Waals surface area contributed by atoms with Crippen LogP contribution in [0.1, 0.15) is 18.9 Å². The van der Waals surface area contributed by atoms with Crippen molar-refractivity contribution in [3.63, 3.8) is 0 Å². The van der Waals surface area contributed by atoms with E-state index in [1.807, 2.05) is 42.5 Å². The predicted molar refractivity (Wildman–Crippen MR) is 80.6 cm³/mol. The highest BCUT2D eigenvalue weighted by Gasteiger charge is 2.10. The first-order valence-corrected chi connectivity index (χ1v) is 6.84. The Morgan fingerprint density at radius 1 is 1.11 bits per heavy atom. The van der Waals surface area contributed by atoms with E-state index in [9.17, 15) is 0 Å². The van der Waals surface area contributed by atoms with Crippen molar-refractivity contribution in [1.29, 1.82) is 0 Å². The van der Waals surface area contributed by atoms with Crippen molar-refractivity contribution in [3.8, 4) is 16.9 Å². The zero-order valence-electron chi connectivity index (χ0n) is 11.0. The normalized spacial score (nSPS) is 10.5. The van der Waals surface area contributed by atoms with Gasteiger partial charge < -0.3 is 10.5 Å². The minimum atomic E-state index is 0.456. The van der Waals surface area contributed by atoms with Gasteiger partial charge in [-0.25, -0.2) is 0 Å². The first-order chi connectivity index (χ1) is 9.26. The molecule has 0 saturated heterocycles. The second-order valence-corrected chi connectivity index (χ2v) is 4.79. The molecule has 0 unspecified atom stereocenters. The Balaban J connectivity index is 2.46. The summed E-state index contributed by atoms with van der Waals surface area (Å²) in [5.41, 5.74) is 8.98. The molecule has 0 amide bonds. The van der Waals surface area contributed by atoms with E-state index >= 15 is 0 Å². The minimum Gasteiger partial charge on any atom is -0.493 e. The van der Waals surface area contributed by atoms with Crippen LogP contribution in [0.15, 0.2) is 42.5 Å². The summed E-state index contributed by atoms with van der Waals surface area (Å²) in [4.78, 5) is 0. The molecule has 2 aromatic rings. The maximum atomic E-state index is 6.02. The topological polar surface area (TPSA) is 35.2 Å². The van der Waals surface area contributed by atoms with Crippen molar-refractivity contribution in [2.45, 2.75) is 19.9 Å². The van der Waals surface area contributed by atoms with Gasteiger partial charge in [-0.15, -0.1) is 0 Å². The van der Waals surface area contributed by atoms with Crippen LogP contribution in [0, 0.1) is 0 Å². The van der Waals surface area contributed by atoms with Crippen molar-refractivity contribution >= 4 is 11.6 Å². The molecule has 2 nitrogen and oxygen atoms in total. The lowest BCUT2D eigenvalue weighted by Crippen LogP contribution is -2.01. The summed E-state index contributed by atoms with van der Waals surface area (Å²) in [5.74, 6) is 0.890. The fourth-order valence-corrected chi connectivity index (χ4v) is 2.22. The minimum absolute atomic E-state index is 0.456. The van der Waals surface area contributed by atoms with Crippen LogP contribution in [0.5, 0.6) is 5.75 Å². The van der Waals surface area contributed by atoms with Gasteiger partial charge in [-0.1, -0.05) is 42.8 Å². The van der Waals surface area contributed by atoms with Gasteiger partial charge in [0.2, 0.25) is 0 Å². The highest BCUT2D eigenvalue weighted by Crippen LogP contribution is 2.33. The number of hydrogen-bond donors (Lipinski definition) is 1. The molecule has 0 aliphatic heterocycles. The van der Waals surface area contributed by atoms with E-state index in [1.54, 1.807) is 0 Å². The molecule has 2 aromatic carbocycles. The Bertz CT molecular complexity index is 554. The van der Waals surface area contributed by atoms with Gasteiger partial charge >= 0.3 is 0 Å². The first kappa shape index (κ1) is 13.9. The lowest BCUT2D eigenvalue weighted by atomic mass is 9.99. The lowest BCUT2D eigenvalue weighted by molar-refractivity contribution is 0.318. The van der Waals surface area contributed by atoms with E-state index in [2.05, 4.69) is 6.92 Å². The van der Waals surface area contributed by atoms with Crippen LogP contribution >= 0.6 is 11.6 Å². The van der Waals surface area contributed by atoms with Gasteiger partial charge in [0.25, 0.3) is 0 Å². The summed E-state index contributed by atoms with van der Waals surface area (Å²) < 4.78 is 5.80. The maximum Gasteiger partial charge on any atom is 0.127 e. The number of rotatable bonds is 5. The summed E-state index contributed by atoms with van der Waals surface area (Å²) >= 11 is 6.02. The fraction of sp³-hybridized carbons (Fsp3) is 0.250. The second-order valence-electron chi connectivity index (χ2n) is 4.35. The van der Waals surface area contributed by atoms with Crippen molar-refractivity contribution in [2.24, 2.45) is 5.73 Å². The SMILES string of the molecule is CCCOc1ccccc1-c1ccc(Cl)cc1CN.